The first-order chi connectivity index (χ1) is 21.6. The predicted octanol–water partition coefficient (Wildman–Crippen LogP) is 10.3. The molecule has 5 heteroatoms. The zero-order chi connectivity index (χ0) is 31.1. The van der Waals surface area contributed by atoms with Gasteiger partial charge in [-0.3, -0.25) is 0 Å². The maximum absolute atomic E-state index is 6.60. The molecule has 0 atom stereocenters. The van der Waals surface area contributed by atoms with Crippen LogP contribution in [0, 0.1) is 6.92 Å². The van der Waals surface area contributed by atoms with E-state index in [-0.39, 0.29) is 0 Å². The van der Waals surface area contributed by atoms with Gasteiger partial charge in [-0.05, 0) is 65.6 Å². The van der Waals surface area contributed by atoms with Crippen LogP contribution in [-0.2, 0) is 25.2 Å². The van der Waals surface area contributed by atoms with Gasteiger partial charge in [0, 0.05) is 69.5 Å². The summed E-state index contributed by atoms with van der Waals surface area (Å²) in [4.78, 5) is 0. The first-order valence-electron chi connectivity index (χ1n) is 16.6. The van der Waals surface area contributed by atoms with Crippen LogP contribution in [-0.4, -0.2) is 31.9 Å². The van der Waals surface area contributed by atoms with Crippen molar-refractivity contribution in [3.63, 3.8) is 0 Å². The van der Waals surface area contributed by atoms with E-state index in [0.717, 1.165) is 43.6 Å². The zero-order valence-electron chi connectivity index (χ0n) is 27.6. The van der Waals surface area contributed by atoms with Crippen LogP contribution in [0.3, 0.4) is 0 Å². The van der Waals surface area contributed by atoms with E-state index < -0.39 is 16.1 Å². The van der Waals surface area contributed by atoms with E-state index in [1.165, 1.54) is 72.1 Å². The standard InChI is InChI=1S/C40H44N2OSi2/c1-27-15-17-35-33(21-27)39-31-13-9-7-12-29(31)23-38(39)42(35)26-45(5,6)20-19-43-30-16-18-36-34(24-30)40-32-14-10-8-11-28(32)22-37(40)41(36)25-44(2,3)4/h7-18,21,24H,19-20,22-23,25-26H2,1-6H3. The molecule has 0 unspecified atom stereocenters. The lowest BCUT2D eigenvalue weighted by Crippen LogP contribution is -2.34. The Kier molecular flexibility index (Phi) is 6.60. The molecule has 0 aliphatic heterocycles. The highest BCUT2D eigenvalue weighted by molar-refractivity contribution is 6.76. The summed E-state index contributed by atoms with van der Waals surface area (Å²) < 4.78 is 11.9. The number of rotatable bonds is 8. The largest absolute Gasteiger partial charge is 0.494 e. The molecule has 3 nitrogen and oxygen atoms in total. The van der Waals surface area contributed by atoms with Crippen molar-refractivity contribution < 1.29 is 4.74 Å². The number of nitrogens with zero attached hydrogens (tertiary/aromatic N) is 2. The Morgan fingerprint density at radius 1 is 0.644 bits per heavy atom. The van der Waals surface area contributed by atoms with E-state index in [9.17, 15) is 0 Å². The molecule has 0 bridgehead atoms. The molecule has 0 N–H and O–H groups in total. The molecule has 0 fully saturated rings. The summed E-state index contributed by atoms with van der Waals surface area (Å²) >= 11 is 0. The molecule has 6 aromatic rings. The van der Waals surface area contributed by atoms with Crippen molar-refractivity contribution in [3.8, 4) is 28.0 Å². The van der Waals surface area contributed by atoms with Crippen LogP contribution in [0.1, 0.15) is 28.1 Å². The highest BCUT2D eigenvalue weighted by Gasteiger charge is 2.31. The van der Waals surface area contributed by atoms with Crippen molar-refractivity contribution in [2.45, 2.75) is 70.9 Å². The number of hydrogen-bond acceptors (Lipinski definition) is 1. The van der Waals surface area contributed by atoms with Gasteiger partial charge in [0.1, 0.15) is 5.75 Å². The minimum atomic E-state index is -1.64. The van der Waals surface area contributed by atoms with Gasteiger partial charge in [-0.15, -0.1) is 0 Å². The average molecular weight is 625 g/mol. The number of fused-ring (bicyclic) bond motifs is 10. The molecule has 0 radical (unpaired) electrons. The molecule has 0 saturated carbocycles. The summed E-state index contributed by atoms with van der Waals surface area (Å²) in [7, 11) is -2.96. The van der Waals surface area contributed by atoms with E-state index >= 15 is 0 Å². The Hall–Kier alpha value is -3.81. The molecule has 2 aromatic heterocycles. The molecular formula is C40H44N2OSi2. The van der Waals surface area contributed by atoms with E-state index in [1.807, 2.05) is 0 Å². The smallest absolute Gasteiger partial charge is 0.120 e. The van der Waals surface area contributed by atoms with E-state index in [2.05, 4.69) is 134 Å². The van der Waals surface area contributed by atoms with Crippen molar-refractivity contribution in [3.05, 3.63) is 113 Å². The molecule has 0 spiro atoms. The third-order valence-electron chi connectivity index (χ3n) is 10.0. The minimum Gasteiger partial charge on any atom is -0.494 e. The van der Waals surface area contributed by atoms with E-state index in [4.69, 9.17) is 4.74 Å². The van der Waals surface area contributed by atoms with Crippen LogP contribution in [0.4, 0.5) is 0 Å². The minimum absolute atomic E-state index is 0.764. The normalized spacial score (nSPS) is 13.7. The first kappa shape index (κ1) is 28.7. The van der Waals surface area contributed by atoms with Gasteiger partial charge < -0.3 is 13.9 Å². The van der Waals surface area contributed by atoms with Crippen LogP contribution in [0.25, 0.3) is 44.1 Å². The van der Waals surface area contributed by atoms with Crippen molar-refractivity contribution in [1.29, 1.82) is 0 Å². The van der Waals surface area contributed by atoms with Gasteiger partial charge >= 0.3 is 0 Å². The van der Waals surface area contributed by atoms with E-state index in [1.54, 1.807) is 0 Å². The Bertz CT molecular complexity index is 2120. The quantitative estimate of drug-likeness (QED) is 0.154. The van der Waals surface area contributed by atoms with Crippen molar-refractivity contribution in [2.75, 3.05) is 6.61 Å². The van der Waals surface area contributed by atoms with Gasteiger partial charge in [0.05, 0.1) is 22.8 Å². The second kappa shape index (κ2) is 10.4. The fourth-order valence-corrected chi connectivity index (χ4v) is 11.3. The summed E-state index contributed by atoms with van der Waals surface area (Å²) in [6.45, 7) is 15.5. The van der Waals surface area contributed by atoms with Crippen LogP contribution < -0.4 is 4.74 Å². The second-order valence-electron chi connectivity index (χ2n) is 15.5. The third kappa shape index (κ3) is 4.92. The van der Waals surface area contributed by atoms with Crippen molar-refractivity contribution >= 4 is 38.0 Å². The van der Waals surface area contributed by atoms with E-state index in [0.29, 0.717) is 0 Å². The highest BCUT2D eigenvalue weighted by atomic mass is 28.3. The SMILES string of the molecule is Cc1ccc2c(c1)c1c(n2C[Si](C)(C)CCOc2ccc3c(c2)c2c(n3C[Si](C)(C)C)Cc3ccccc3-2)Cc2ccccc2-1. The average Bonchev–Trinajstić information content (AvgIpc) is 3.71. The Labute approximate surface area is 269 Å². The van der Waals surface area contributed by atoms with Crippen LogP contribution in [0.5, 0.6) is 5.75 Å². The van der Waals surface area contributed by atoms with Gasteiger partial charge in [0.2, 0.25) is 0 Å². The molecule has 0 saturated heterocycles. The van der Waals surface area contributed by atoms with Gasteiger partial charge in [0.25, 0.3) is 0 Å². The lowest BCUT2D eigenvalue weighted by atomic mass is 10.0. The topological polar surface area (TPSA) is 19.1 Å². The third-order valence-corrected chi connectivity index (χ3v) is 14.0. The second-order valence-corrected chi connectivity index (χ2v) is 26.1. The highest BCUT2D eigenvalue weighted by Crippen LogP contribution is 2.46. The Morgan fingerprint density at radius 2 is 1.20 bits per heavy atom. The Balaban J connectivity index is 1.06. The fourth-order valence-electron chi connectivity index (χ4n) is 7.95. The molecule has 2 aliphatic carbocycles. The summed E-state index contributed by atoms with van der Waals surface area (Å²) in [5.41, 5.74) is 15.7. The lowest BCUT2D eigenvalue weighted by molar-refractivity contribution is 0.338. The molecule has 45 heavy (non-hydrogen) atoms. The number of aryl methyl sites for hydroxylation is 1. The van der Waals surface area contributed by atoms with Gasteiger partial charge in [-0.25, -0.2) is 0 Å². The molecular weight excluding hydrogens is 581 g/mol. The number of benzene rings is 4. The number of hydrogen-bond donors (Lipinski definition) is 0. The van der Waals surface area contributed by atoms with Crippen LogP contribution >= 0.6 is 0 Å². The first-order valence-corrected chi connectivity index (χ1v) is 23.7. The number of ether oxygens (including phenoxy) is 1. The van der Waals surface area contributed by atoms with Gasteiger partial charge in [-0.2, -0.15) is 0 Å². The lowest BCUT2D eigenvalue weighted by Gasteiger charge is -2.25. The molecule has 2 heterocycles. The maximum atomic E-state index is 6.60. The summed E-state index contributed by atoms with van der Waals surface area (Å²) in [6, 6.07) is 33.0. The molecule has 4 aromatic carbocycles. The molecule has 0 amide bonds. The summed E-state index contributed by atoms with van der Waals surface area (Å²) in [6.07, 6.45) is 4.32. The molecule has 2 aliphatic rings. The number of aromatic nitrogens is 2. The predicted molar refractivity (Wildman–Crippen MR) is 196 cm³/mol. The maximum Gasteiger partial charge on any atom is 0.120 e. The fraction of sp³-hybridized carbons (Fsp3) is 0.300. The van der Waals surface area contributed by atoms with Gasteiger partial charge in [0.15, 0.2) is 0 Å². The van der Waals surface area contributed by atoms with Crippen molar-refractivity contribution in [1.82, 2.24) is 9.13 Å². The van der Waals surface area contributed by atoms with Gasteiger partial charge in [-0.1, -0.05) is 92.9 Å². The van der Waals surface area contributed by atoms with Crippen LogP contribution in [0.2, 0.25) is 38.8 Å². The Morgan fingerprint density at radius 3 is 1.82 bits per heavy atom. The summed E-state index contributed by atoms with van der Waals surface area (Å²) in [5, 5.41) is 2.77. The van der Waals surface area contributed by atoms with Crippen molar-refractivity contribution in [2.24, 2.45) is 0 Å². The summed E-state index contributed by atoms with van der Waals surface area (Å²) in [5.74, 6) is 1.00. The van der Waals surface area contributed by atoms with Crippen LogP contribution in [0.15, 0.2) is 84.9 Å². The monoisotopic (exact) mass is 624 g/mol. The molecule has 228 valence electrons. The molecule has 8 rings (SSSR count). The zero-order valence-corrected chi connectivity index (χ0v) is 29.6.